The number of benzene rings is 1. The van der Waals surface area contributed by atoms with Crippen LogP contribution in [0.25, 0.3) is 0 Å². The number of phenolic OH excluding ortho intramolecular Hbond substituents is 1. The van der Waals surface area contributed by atoms with Gasteiger partial charge in [-0.05, 0) is 62.4 Å². The minimum atomic E-state index is 0.291. The third kappa shape index (κ3) is 4.89. The fourth-order valence-electron chi connectivity index (χ4n) is 3.14. The van der Waals surface area contributed by atoms with E-state index >= 15 is 0 Å². The van der Waals surface area contributed by atoms with Gasteiger partial charge in [0.2, 0.25) is 0 Å². The summed E-state index contributed by atoms with van der Waals surface area (Å²) in [7, 11) is 0. The molecule has 1 aromatic rings. The third-order valence-electron chi connectivity index (χ3n) is 4.52. The van der Waals surface area contributed by atoms with Crippen LogP contribution in [0.4, 0.5) is 5.69 Å². The van der Waals surface area contributed by atoms with Crippen molar-refractivity contribution in [3.05, 3.63) is 23.8 Å². The van der Waals surface area contributed by atoms with Crippen LogP contribution < -0.4 is 5.32 Å². The largest absolute Gasteiger partial charge is 0.508 e. The Morgan fingerprint density at radius 1 is 1.27 bits per heavy atom. The smallest absolute Gasteiger partial charge is 0.117 e. The molecule has 0 bridgehead atoms. The number of rotatable bonds is 8. The molecule has 0 radical (unpaired) electrons. The van der Waals surface area contributed by atoms with Crippen molar-refractivity contribution in [2.24, 2.45) is 0 Å². The van der Waals surface area contributed by atoms with E-state index in [1.165, 1.54) is 6.42 Å². The molecular formula is C18H30N2O2. The molecule has 1 fully saturated rings. The Kier molecular flexibility index (Phi) is 6.52. The number of nitrogens with zero attached hydrogens (tertiary/aromatic N) is 1. The molecule has 1 saturated heterocycles. The Morgan fingerprint density at radius 2 is 2.09 bits per heavy atom. The van der Waals surface area contributed by atoms with Crippen LogP contribution in [0.1, 0.15) is 51.0 Å². The average Bonchev–Trinajstić information content (AvgIpc) is 2.93. The van der Waals surface area contributed by atoms with E-state index in [4.69, 9.17) is 0 Å². The minimum absolute atomic E-state index is 0.291. The van der Waals surface area contributed by atoms with Crippen molar-refractivity contribution in [2.75, 3.05) is 31.6 Å². The van der Waals surface area contributed by atoms with Crippen molar-refractivity contribution < 1.29 is 10.2 Å². The Morgan fingerprint density at radius 3 is 2.82 bits per heavy atom. The third-order valence-corrected chi connectivity index (χ3v) is 4.52. The fraction of sp³-hybridized carbons (Fsp3) is 0.667. The number of aromatic hydroxyl groups is 1. The molecular weight excluding hydrogens is 276 g/mol. The first kappa shape index (κ1) is 17.1. The van der Waals surface area contributed by atoms with Gasteiger partial charge in [0.25, 0.3) is 0 Å². The van der Waals surface area contributed by atoms with Gasteiger partial charge in [-0.15, -0.1) is 0 Å². The lowest BCUT2D eigenvalue weighted by Gasteiger charge is -2.22. The number of aliphatic hydroxyl groups excluding tert-OH is 1. The van der Waals surface area contributed by atoms with Crippen LogP contribution in [0.2, 0.25) is 0 Å². The van der Waals surface area contributed by atoms with Crippen molar-refractivity contribution in [3.8, 4) is 5.75 Å². The second kappa shape index (κ2) is 8.39. The molecule has 3 N–H and O–H groups in total. The molecule has 2 rings (SSSR count). The van der Waals surface area contributed by atoms with Crippen LogP contribution >= 0.6 is 0 Å². The first-order valence-electron chi connectivity index (χ1n) is 8.53. The minimum Gasteiger partial charge on any atom is -0.508 e. The second-order valence-electron chi connectivity index (χ2n) is 6.62. The molecule has 4 nitrogen and oxygen atoms in total. The van der Waals surface area contributed by atoms with Crippen molar-refractivity contribution in [1.29, 1.82) is 0 Å². The molecule has 1 heterocycles. The molecule has 1 aromatic carbocycles. The predicted molar refractivity (Wildman–Crippen MR) is 91.6 cm³/mol. The van der Waals surface area contributed by atoms with Crippen LogP contribution in [-0.2, 0) is 0 Å². The molecule has 1 aliphatic heterocycles. The zero-order chi connectivity index (χ0) is 15.9. The van der Waals surface area contributed by atoms with Crippen LogP contribution in [0, 0.1) is 0 Å². The van der Waals surface area contributed by atoms with Crippen LogP contribution in [-0.4, -0.2) is 47.4 Å². The molecule has 1 atom stereocenters. The zero-order valence-electron chi connectivity index (χ0n) is 13.9. The average molecular weight is 306 g/mol. The molecule has 124 valence electrons. The number of aliphatic hydroxyl groups is 1. The fourth-order valence-corrected chi connectivity index (χ4v) is 3.14. The van der Waals surface area contributed by atoms with Gasteiger partial charge in [0.1, 0.15) is 5.75 Å². The first-order chi connectivity index (χ1) is 10.6. The summed E-state index contributed by atoms with van der Waals surface area (Å²) in [5, 5.41) is 22.5. The highest BCUT2D eigenvalue weighted by Gasteiger charge is 2.22. The Labute approximate surface area is 134 Å². The lowest BCUT2D eigenvalue weighted by atomic mass is 10.0. The molecule has 0 aromatic heterocycles. The summed E-state index contributed by atoms with van der Waals surface area (Å²) in [6, 6.07) is 6.12. The van der Waals surface area contributed by atoms with Crippen LogP contribution in [0.5, 0.6) is 5.75 Å². The van der Waals surface area contributed by atoms with E-state index in [9.17, 15) is 10.2 Å². The van der Waals surface area contributed by atoms with Gasteiger partial charge in [-0.1, -0.05) is 13.8 Å². The number of nitrogens with one attached hydrogen (secondary N) is 1. The maximum absolute atomic E-state index is 9.77. The van der Waals surface area contributed by atoms with Crippen molar-refractivity contribution in [2.45, 2.75) is 51.5 Å². The number of anilines is 1. The number of likely N-dealkylation sites (tertiary alicyclic amines) is 1. The number of hydrogen-bond donors (Lipinski definition) is 3. The number of phenols is 1. The SMILES string of the molecule is CC(C)c1cc(O)cc(NCCCCN2CCC[C@H]2CO)c1. The summed E-state index contributed by atoms with van der Waals surface area (Å²) in [6.07, 6.45) is 4.58. The quantitative estimate of drug-likeness (QED) is 0.646. The molecule has 0 aliphatic carbocycles. The predicted octanol–water partition coefficient (Wildman–Crippen LogP) is 3.16. The van der Waals surface area contributed by atoms with Gasteiger partial charge < -0.3 is 15.5 Å². The normalized spacial score (nSPS) is 19.0. The standard InChI is InChI=1S/C18H30N2O2/c1-14(2)15-10-16(12-18(22)11-15)19-7-3-4-8-20-9-5-6-17(20)13-21/h10-12,14,17,19,21-22H,3-9,13H2,1-2H3/t17-/m0/s1. The van der Waals surface area contributed by atoms with E-state index < -0.39 is 0 Å². The lowest BCUT2D eigenvalue weighted by Crippen LogP contribution is -2.33. The molecule has 0 spiro atoms. The van der Waals surface area contributed by atoms with E-state index in [0.29, 0.717) is 24.3 Å². The topological polar surface area (TPSA) is 55.7 Å². The molecule has 1 aliphatic rings. The molecule has 0 amide bonds. The summed E-state index contributed by atoms with van der Waals surface area (Å²) < 4.78 is 0. The van der Waals surface area contributed by atoms with Gasteiger partial charge in [0.05, 0.1) is 6.61 Å². The molecule has 0 saturated carbocycles. The number of unbranched alkanes of at least 4 members (excludes halogenated alkanes) is 1. The van der Waals surface area contributed by atoms with E-state index in [1.54, 1.807) is 6.07 Å². The van der Waals surface area contributed by atoms with Gasteiger partial charge in [-0.2, -0.15) is 0 Å². The summed E-state index contributed by atoms with van der Waals surface area (Å²) in [5.41, 5.74) is 2.16. The van der Waals surface area contributed by atoms with E-state index in [-0.39, 0.29) is 0 Å². The van der Waals surface area contributed by atoms with E-state index in [1.807, 2.05) is 6.07 Å². The Balaban J connectivity index is 1.70. The summed E-state index contributed by atoms with van der Waals surface area (Å²) in [5.74, 6) is 0.745. The summed E-state index contributed by atoms with van der Waals surface area (Å²) in [6.45, 7) is 7.67. The van der Waals surface area contributed by atoms with Crippen molar-refractivity contribution in [1.82, 2.24) is 4.90 Å². The molecule has 4 heteroatoms. The first-order valence-corrected chi connectivity index (χ1v) is 8.53. The molecule has 0 unspecified atom stereocenters. The summed E-state index contributed by atoms with van der Waals surface area (Å²) >= 11 is 0. The van der Waals surface area contributed by atoms with Gasteiger partial charge >= 0.3 is 0 Å². The highest BCUT2D eigenvalue weighted by molar-refractivity contribution is 5.51. The van der Waals surface area contributed by atoms with Gasteiger partial charge in [0, 0.05) is 24.3 Å². The lowest BCUT2D eigenvalue weighted by molar-refractivity contribution is 0.157. The van der Waals surface area contributed by atoms with Gasteiger partial charge in [-0.3, -0.25) is 4.90 Å². The Hall–Kier alpha value is -1.26. The van der Waals surface area contributed by atoms with E-state index in [0.717, 1.165) is 50.1 Å². The maximum atomic E-state index is 9.77. The van der Waals surface area contributed by atoms with Crippen molar-refractivity contribution >= 4 is 5.69 Å². The number of hydrogen-bond acceptors (Lipinski definition) is 4. The highest BCUT2D eigenvalue weighted by Crippen LogP contribution is 2.25. The van der Waals surface area contributed by atoms with Crippen LogP contribution in [0.3, 0.4) is 0 Å². The molecule has 22 heavy (non-hydrogen) atoms. The summed E-state index contributed by atoms with van der Waals surface area (Å²) in [4.78, 5) is 2.41. The van der Waals surface area contributed by atoms with Gasteiger partial charge in [-0.25, -0.2) is 0 Å². The Bertz CT molecular complexity index is 462. The van der Waals surface area contributed by atoms with Crippen LogP contribution in [0.15, 0.2) is 18.2 Å². The van der Waals surface area contributed by atoms with Gasteiger partial charge in [0.15, 0.2) is 0 Å². The highest BCUT2D eigenvalue weighted by atomic mass is 16.3. The monoisotopic (exact) mass is 306 g/mol. The second-order valence-corrected chi connectivity index (χ2v) is 6.62. The van der Waals surface area contributed by atoms with E-state index in [2.05, 4.69) is 30.1 Å². The zero-order valence-corrected chi connectivity index (χ0v) is 13.9. The maximum Gasteiger partial charge on any atom is 0.117 e. The van der Waals surface area contributed by atoms with Crippen molar-refractivity contribution in [3.63, 3.8) is 0 Å².